The molecule has 24 nitrogen and oxygen atoms in total. The summed E-state index contributed by atoms with van der Waals surface area (Å²) in [7, 11) is 0. The molecule has 0 radical (unpaired) electrons. The van der Waals surface area contributed by atoms with Gasteiger partial charge in [-0.25, -0.2) is 19.9 Å². The molecule has 4 aromatic heterocycles. The van der Waals surface area contributed by atoms with Gasteiger partial charge in [0.25, 0.3) is 0 Å². The van der Waals surface area contributed by atoms with Crippen LogP contribution in [0.3, 0.4) is 0 Å². The van der Waals surface area contributed by atoms with E-state index in [2.05, 4.69) is 19.9 Å². The van der Waals surface area contributed by atoms with E-state index in [1.807, 2.05) is 0 Å². The summed E-state index contributed by atoms with van der Waals surface area (Å²) in [6.45, 7) is 1.42. The SMILES string of the molecule is Cc1nc(-c2nc(COc3c4cc(CC(=O)[O-])cc3Cc3cc(CC(=O)[O-])cc(c3O)Cc3cc(CC(=O)[O-])cc(c3OCc3nc(-c5nc(C)c(C(=O)[O-])s5)sc3C(=O)[O-])Cc3cc(CC(=O)[O-])cc(c3O)C4)c(C(=O)[O-])s2)sc1C(=O)[O-].[Na+].[Na+].[Na+].[Na+].[Na+].[Na+].[Na+].[Na+]. The number of carboxylic acid groups (broad SMARTS) is 8. The van der Waals surface area contributed by atoms with E-state index >= 15 is 0 Å². The summed E-state index contributed by atoms with van der Waals surface area (Å²) >= 11 is 2.54. The molecule has 0 amide bonds. The van der Waals surface area contributed by atoms with Crippen LogP contribution in [0, 0.1) is 13.8 Å². The summed E-state index contributed by atoms with van der Waals surface area (Å²) in [5, 5.41) is 123. The molecule has 0 fully saturated rings. The number of fused-ring (bicyclic) bond motifs is 8. The van der Waals surface area contributed by atoms with Crippen LogP contribution in [0.1, 0.15) is 128 Å². The van der Waals surface area contributed by atoms with Crippen molar-refractivity contribution >= 4 is 93.1 Å². The van der Waals surface area contributed by atoms with Gasteiger partial charge in [0.15, 0.2) is 20.0 Å². The molecule has 0 unspecified atom stereocenters. The van der Waals surface area contributed by atoms with Crippen LogP contribution >= 0.6 is 45.3 Å². The van der Waals surface area contributed by atoms with E-state index in [4.69, 9.17) is 9.47 Å². The van der Waals surface area contributed by atoms with Crippen molar-refractivity contribution < 1.29 is 335 Å². The van der Waals surface area contributed by atoms with Gasteiger partial charge in [-0.3, -0.25) is 0 Å². The van der Waals surface area contributed by atoms with Crippen LogP contribution in [0.4, 0.5) is 0 Å². The largest absolute Gasteiger partial charge is 1.00 e. The molecule has 4 aromatic carbocycles. The molecular weight excluding hydrogens is 1360 g/mol. The number of carbonyl (C=O) groups is 8. The number of aryl methyl sites for hydroxylation is 2. The molecule has 9 rings (SSSR count). The standard InChI is InChI=1S/C56H44N4O20S4.8Na/c1-21-45(53(71)72)81-49(57-21)51-59-35(47(83-51)55(75)76)19-79-43-31-7-25(13-39(65)66)8-32(43)16-28-4-24(12-38(63)64)6-30(42(28)70)18-34-10-26(14-40(67)68)9-33(17-29-5-23(11-37(61)62)3-27(15-31)41(29)69)44(34)80-20-36-48(56(77)78)84-52(60-36)50-58-22(2)46(82-50)54(73)74;;;;;;;;/h3-10,69-70H,11-20H2,1-2H3,(H,61,62)(H,63,64)(H,65,66)(H,67,68)(H,71,72)(H,73,74)(H,75,76)(H,77,78);;;;;;;;/q;8*+1/p-8. The average Bonchev–Trinajstić information content (AvgIpc) is 1.19. The Labute approximate surface area is 715 Å². The predicted octanol–water partition coefficient (Wildman–Crippen LogP) is -26.6. The van der Waals surface area contributed by atoms with Gasteiger partial charge in [-0.05, 0) is 80.6 Å². The second-order valence-electron chi connectivity index (χ2n) is 19.1. The van der Waals surface area contributed by atoms with Gasteiger partial charge in [-0.15, -0.1) is 45.3 Å². The van der Waals surface area contributed by atoms with Crippen molar-refractivity contribution in [2.45, 2.75) is 78.4 Å². The van der Waals surface area contributed by atoms with Crippen molar-refractivity contribution in [2.75, 3.05) is 0 Å². The number of thiazole rings is 4. The molecule has 92 heavy (non-hydrogen) atoms. The molecule has 8 bridgehead atoms. The third-order valence-electron chi connectivity index (χ3n) is 13.0. The zero-order chi connectivity index (χ0) is 60.6. The molecular formula is C56H36N4Na8O20S4. The van der Waals surface area contributed by atoms with Gasteiger partial charge in [0, 0.05) is 75.2 Å². The number of phenols is 2. The fraction of sp³-hybridized carbons (Fsp3) is 0.214. The number of rotatable bonds is 20. The number of aromatic nitrogens is 4. The number of hydrogen-bond acceptors (Lipinski definition) is 28. The summed E-state index contributed by atoms with van der Waals surface area (Å²) in [6.07, 6.45) is -4.72. The molecule has 8 aromatic rings. The summed E-state index contributed by atoms with van der Waals surface area (Å²) < 4.78 is 12.9. The van der Waals surface area contributed by atoms with Crippen LogP contribution in [0.15, 0.2) is 48.5 Å². The van der Waals surface area contributed by atoms with Crippen molar-refractivity contribution in [2.24, 2.45) is 0 Å². The molecule has 0 saturated carbocycles. The van der Waals surface area contributed by atoms with Crippen molar-refractivity contribution in [1.82, 2.24) is 19.9 Å². The number of hydrogen-bond donors (Lipinski definition) is 2. The quantitative estimate of drug-likeness (QED) is 0.0669. The first-order valence-electron chi connectivity index (χ1n) is 24.6. The van der Waals surface area contributed by atoms with E-state index in [1.54, 1.807) is 0 Å². The predicted molar refractivity (Wildman–Crippen MR) is 277 cm³/mol. The summed E-state index contributed by atoms with van der Waals surface area (Å²) in [4.78, 5) is 114. The van der Waals surface area contributed by atoms with Gasteiger partial charge in [-0.1, -0.05) is 48.5 Å². The molecule has 0 atom stereocenters. The van der Waals surface area contributed by atoms with Crippen LogP contribution in [0.25, 0.3) is 20.0 Å². The molecule has 432 valence electrons. The number of nitrogens with zero attached hydrogens (tertiary/aromatic N) is 4. The minimum Gasteiger partial charge on any atom is -0.550 e. The van der Waals surface area contributed by atoms with Crippen LogP contribution in [0.5, 0.6) is 23.0 Å². The number of carbonyl (C=O) groups excluding carboxylic acids is 8. The summed E-state index contributed by atoms with van der Waals surface area (Å²) in [5.74, 6) is -13.9. The number of benzene rings is 4. The minimum atomic E-state index is -1.71. The molecule has 0 saturated heterocycles. The smallest absolute Gasteiger partial charge is 0.550 e. The zero-order valence-corrected chi connectivity index (χ0v) is 70.6. The van der Waals surface area contributed by atoms with Crippen LogP contribution < -0.4 is 287 Å². The Morgan fingerprint density at radius 2 is 0.587 bits per heavy atom. The van der Waals surface area contributed by atoms with E-state index in [9.17, 15) is 89.4 Å². The first kappa shape index (κ1) is 88.4. The van der Waals surface area contributed by atoms with E-state index in [-0.39, 0.29) is 367 Å². The Morgan fingerprint density at radius 1 is 0.370 bits per heavy atom. The minimum absolute atomic E-state index is 0. The van der Waals surface area contributed by atoms with E-state index in [0.717, 1.165) is 0 Å². The number of ether oxygens (including phenoxy) is 2. The topological polar surface area (TPSA) is 432 Å². The second kappa shape index (κ2) is 38.6. The first-order chi connectivity index (χ1) is 39.8. The van der Waals surface area contributed by atoms with Gasteiger partial charge < -0.3 is 98.9 Å². The van der Waals surface area contributed by atoms with Gasteiger partial charge in [-0.2, -0.15) is 0 Å². The van der Waals surface area contributed by atoms with Crippen molar-refractivity contribution in [3.8, 4) is 43.0 Å². The van der Waals surface area contributed by atoms with Gasteiger partial charge in [0.1, 0.15) is 36.2 Å². The fourth-order valence-corrected chi connectivity index (χ4v) is 13.3. The average molecular weight is 1400 g/mol. The number of aromatic hydroxyl groups is 2. The van der Waals surface area contributed by atoms with Gasteiger partial charge in [0.05, 0.1) is 66.2 Å². The van der Waals surface area contributed by atoms with Crippen LogP contribution in [0.2, 0.25) is 0 Å². The molecule has 2 N–H and O–H groups in total. The molecule has 1 aliphatic carbocycles. The van der Waals surface area contributed by atoms with Crippen molar-refractivity contribution in [3.05, 3.63) is 158 Å². The van der Waals surface area contributed by atoms with Gasteiger partial charge in [0.2, 0.25) is 0 Å². The monoisotopic (exact) mass is 1400 g/mol. The fourth-order valence-electron chi connectivity index (χ4n) is 9.68. The molecule has 0 aliphatic heterocycles. The number of carboxylic acids is 8. The maximum atomic E-state index is 12.6. The number of aromatic carboxylic acids is 4. The van der Waals surface area contributed by atoms with E-state index < -0.39 is 134 Å². The number of aliphatic carboxylic acids is 4. The Kier molecular flexibility index (Phi) is 37.1. The summed E-state index contributed by atoms with van der Waals surface area (Å²) in [5.41, 5.74) is -0.0321. The first-order valence-corrected chi connectivity index (χ1v) is 27.9. The van der Waals surface area contributed by atoms with Crippen molar-refractivity contribution in [1.29, 1.82) is 0 Å². The van der Waals surface area contributed by atoms with Crippen LogP contribution in [-0.4, -0.2) is 77.9 Å². The Balaban J connectivity index is 0.00000529. The summed E-state index contributed by atoms with van der Waals surface area (Å²) in [6, 6.07) is 10.7. The number of phenolic OH excluding ortho intramolecular Hbond substituents is 2. The maximum Gasteiger partial charge on any atom is 1.00 e. The maximum absolute atomic E-state index is 12.6. The zero-order valence-electron chi connectivity index (χ0n) is 51.4. The van der Waals surface area contributed by atoms with Gasteiger partial charge >= 0.3 is 236 Å². The molecule has 1 aliphatic rings. The third-order valence-corrected chi connectivity index (χ3v) is 17.7. The molecule has 36 heteroatoms. The normalized spacial score (nSPS) is 10.9. The molecule has 0 spiro atoms. The van der Waals surface area contributed by atoms with E-state index in [0.29, 0.717) is 45.3 Å². The third kappa shape index (κ3) is 21.7. The second-order valence-corrected chi connectivity index (χ2v) is 23.1. The Morgan fingerprint density at radius 3 is 0.804 bits per heavy atom. The van der Waals surface area contributed by atoms with Crippen LogP contribution in [-0.2, 0) is 83.8 Å². The van der Waals surface area contributed by atoms with Crippen molar-refractivity contribution in [3.63, 3.8) is 0 Å². The Hall–Kier alpha value is -1.64. The molecule has 4 heterocycles. The Bertz CT molecular complexity index is 3780. The van der Waals surface area contributed by atoms with E-state index in [1.165, 1.54) is 62.4 Å².